The summed E-state index contributed by atoms with van der Waals surface area (Å²) in [7, 11) is 0. The molecule has 0 saturated heterocycles. The first-order chi connectivity index (χ1) is 18.8. The third kappa shape index (κ3) is 8.34. The summed E-state index contributed by atoms with van der Waals surface area (Å²) in [5.74, 6) is -4.92. The van der Waals surface area contributed by atoms with Gasteiger partial charge in [-0.15, -0.1) is 0 Å². The van der Waals surface area contributed by atoms with Crippen LogP contribution in [0.15, 0.2) is 60.7 Å². The average molecular weight is 567 g/mol. The maximum absolute atomic E-state index is 13.9. The minimum atomic E-state index is -5.57. The fourth-order valence-electron chi connectivity index (χ4n) is 4.02. The number of hydrogen-bond acceptors (Lipinski definition) is 4. The molecule has 3 aromatic carbocycles. The molecule has 0 aromatic heterocycles. The maximum atomic E-state index is 13.9. The first kappa shape index (κ1) is 30.7. The standard InChI is InChI=1S/C30H28F6O4/c1-3-19-5-9-21(10-6-19)13-17-25(37)39-23-15-16-24(28(30(34,35)36)27(23)29(31,32)33)40-26(38)18-14-22-11-7-20(4-2)8-12-22/h5-12,15-16H,3-4,13-14,17-18H2,1-2H3. The van der Waals surface area contributed by atoms with Gasteiger partial charge in [0.25, 0.3) is 0 Å². The number of hydrogen-bond donors (Lipinski definition) is 0. The molecule has 0 amide bonds. The zero-order valence-electron chi connectivity index (χ0n) is 21.9. The zero-order chi connectivity index (χ0) is 29.5. The van der Waals surface area contributed by atoms with Gasteiger partial charge in [0, 0.05) is 12.8 Å². The lowest BCUT2D eigenvalue weighted by Gasteiger charge is -2.21. The molecule has 0 spiro atoms. The summed E-state index contributed by atoms with van der Waals surface area (Å²) in [5.41, 5.74) is -0.948. The third-order valence-corrected chi connectivity index (χ3v) is 6.24. The average Bonchev–Trinajstić information content (AvgIpc) is 2.90. The van der Waals surface area contributed by atoms with Gasteiger partial charge in [0.2, 0.25) is 0 Å². The van der Waals surface area contributed by atoms with E-state index in [0.29, 0.717) is 23.3 Å². The highest BCUT2D eigenvalue weighted by atomic mass is 19.4. The number of aryl methyl sites for hydroxylation is 4. The van der Waals surface area contributed by atoms with Crippen LogP contribution in [0.1, 0.15) is 60.1 Å². The predicted octanol–water partition coefficient (Wildman–Crippen LogP) is 7.93. The van der Waals surface area contributed by atoms with Gasteiger partial charge in [0.05, 0.1) is 0 Å². The monoisotopic (exact) mass is 566 g/mol. The summed E-state index contributed by atoms with van der Waals surface area (Å²) in [6.07, 6.45) is -10.0. The molecule has 3 aromatic rings. The van der Waals surface area contributed by atoms with Crippen LogP contribution in [0.4, 0.5) is 26.3 Å². The number of rotatable bonds is 10. The number of alkyl halides is 6. The lowest BCUT2D eigenvalue weighted by molar-refractivity contribution is -0.165. The minimum absolute atomic E-state index is 0.118. The van der Waals surface area contributed by atoms with Crippen LogP contribution in [0.2, 0.25) is 0 Å². The summed E-state index contributed by atoms with van der Waals surface area (Å²) in [4.78, 5) is 24.6. The number of ether oxygens (including phenoxy) is 2. The number of halogens is 6. The zero-order valence-corrected chi connectivity index (χ0v) is 21.9. The molecule has 0 aliphatic heterocycles. The summed E-state index contributed by atoms with van der Waals surface area (Å²) in [6, 6.07) is 15.4. The molecule has 0 bridgehead atoms. The van der Waals surface area contributed by atoms with E-state index >= 15 is 0 Å². The molecule has 0 atom stereocenters. The first-order valence-corrected chi connectivity index (χ1v) is 12.7. The van der Waals surface area contributed by atoms with Crippen LogP contribution in [-0.2, 0) is 47.6 Å². The van der Waals surface area contributed by atoms with Gasteiger partial charge in [-0.25, -0.2) is 0 Å². The molecule has 10 heteroatoms. The Balaban J connectivity index is 1.80. The second kappa shape index (κ2) is 13.0. The van der Waals surface area contributed by atoms with Crippen LogP contribution in [-0.4, -0.2) is 11.9 Å². The van der Waals surface area contributed by atoms with Crippen molar-refractivity contribution in [2.45, 2.75) is 64.7 Å². The van der Waals surface area contributed by atoms with E-state index in [1.54, 1.807) is 24.3 Å². The quantitative estimate of drug-likeness (QED) is 0.142. The van der Waals surface area contributed by atoms with E-state index in [1.165, 1.54) is 0 Å². The highest BCUT2D eigenvalue weighted by Gasteiger charge is 2.48. The van der Waals surface area contributed by atoms with E-state index in [2.05, 4.69) is 0 Å². The van der Waals surface area contributed by atoms with E-state index < -0.39 is 46.9 Å². The molecule has 4 nitrogen and oxygen atoms in total. The molecule has 0 unspecified atom stereocenters. The Kier molecular flexibility index (Phi) is 10.0. The van der Waals surface area contributed by atoms with E-state index in [-0.39, 0.29) is 25.7 Å². The van der Waals surface area contributed by atoms with Crippen LogP contribution in [0.25, 0.3) is 0 Å². The molecular formula is C30H28F6O4. The smallest absolute Gasteiger partial charge is 0.420 e. The van der Waals surface area contributed by atoms with Crippen LogP contribution in [0.3, 0.4) is 0 Å². The maximum Gasteiger partial charge on any atom is 0.420 e. The number of esters is 2. The van der Waals surface area contributed by atoms with Crippen molar-refractivity contribution in [3.63, 3.8) is 0 Å². The van der Waals surface area contributed by atoms with E-state index in [0.717, 1.165) is 24.0 Å². The summed E-state index contributed by atoms with van der Waals surface area (Å²) >= 11 is 0. The highest BCUT2D eigenvalue weighted by Crippen LogP contribution is 2.49. The van der Waals surface area contributed by atoms with Crippen molar-refractivity contribution in [1.29, 1.82) is 0 Å². The molecule has 40 heavy (non-hydrogen) atoms. The molecular weight excluding hydrogens is 538 g/mol. The van der Waals surface area contributed by atoms with Crippen LogP contribution in [0, 0.1) is 0 Å². The first-order valence-electron chi connectivity index (χ1n) is 12.7. The molecule has 0 heterocycles. The van der Waals surface area contributed by atoms with Crippen LogP contribution < -0.4 is 9.47 Å². The van der Waals surface area contributed by atoms with Gasteiger partial charge >= 0.3 is 24.3 Å². The SMILES string of the molecule is CCc1ccc(CCC(=O)Oc2ccc(OC(=O)CCc3ccc(CC)cc3)c(C(F)(F)F)c2C(F)(F)F)cc1. The molecule has 3 rings (SSSR count). The van der Waals surface area contributed by atoms with E-state index in [4.69, 9.17) is 9.47 Å². The van der Waals surface area contributed by atoms with Crippen molar-refractivity contribution < 1.29 is 45.4 Å². The lowest BCUT2D eigenvalue weighted by Crippen LogP contribution is -2.22. The van der Waals surface area contributed by atoms with Crippen molar-refractivity contribution >= 4 is 11.9 Å². The molecule has 0 radical (unpaired) electrons. The number of benzene rings is 3. The van der Waals surface area contributed by atoms with Crippen molar-refractivity contribution in [3.8, 4) is 11.5 Å². The van der Waals surface area contributed by atoms with Crippen molar-refractivity contribution in [2.24, 2.45) is 0 Å². The second-order valence-electron chi connectivity index (χ2n) is 9.10. The highest BCUT2D eigenvalue weighted by molar-refractivity contribution is 5.75. The Hall–Kier alpha value is -3.82. The van der Waals surface area contributed by atoms with E-state index in [1.807, 2.05) is 38.1 Å². The Labute approximate surface area is 227 Å². The Morgan fingerprint density at radius 1 is 0.550 bits per heavy atom. The summed E-state index contributed by atoms with van der Waals surface area (Å²) in [5, 5.41) is 0. The van der Waals surface area contributed by atoms with Crippen molar-refractivity contribution in [2.75, 3.05) is 0 Å². The lowest BCUT2D eigenvalue weighted by atomic mass is 10.0. The molecule has 0 fully saturated rings. The van der Waals surface area contributed by atoms with Crippen LogP contribution in [0.5, 0.6) is 11.5 Å². The fraction of sp³-hybridized carbons (Fsp3) is 0.333. The Morgan fingerprint density at radius 3 is 1.12 bits per heavy atom. The van der Waals surface area contributed by atoms with Crippen molar-refractivity contribution in [1.82, 2.24) is 0 Å². The molecule has 0 N–H and O–H groups in total. The van der Waals surface area contributed by atoms with Crippen LogP contribution >= 0.6 is 0 Å². The van der Waals surface area contributed by atoms with E-state index in [9.17, 15) is 35.9 Å². The molecule has 0 aliphatic carbocycles. The Morgan fingerprint density at radius 2 is 0.850 bits per heavy atom. The molecule has 0 aliphatic rings. The fourth-order valence-corrected chi connectivity index (χ4v) is 4.02. The topological polar surface area (TPSA) is 52.6 Å². The van der Waals surface area contributed by atoms with Gasteiger partial charge in [-0.1, -0.05) is 62.4 Å². The molecule has 214 valence electrons. The van der Waals surface area contributed by atoms with Gasteiger partial charge < -0.3 is 9.47 Å². The van der Waals surface area contributed by atoms with Gasteiger partial charge in [0.1, 0.15) is 22.6 Å². The van der Waals surface area contributed by atoms with Gasteiger partial charge in [-0.2, -0.15) is 26.3 Å². The van der Waals surface area contributed by atoms with Gasteiger partial charge in [0.15, 0.2) is 0 Å². The largest absolute Gasteiger partial charge is 0.426 e. The third-order valence-electron chi connectivity index (χ3n) is 6.24. The summed E-state index contributed by atoms with van der Waals surface area (Å²) < 4.78 is 93.1. The minimum Gasteiger partial charge on any atom is -0.426 e. The van der Waals surface area contributed by atoms with Crippen molar-refractivity contribution in [3.05, 3.63) is 94.0 Å². The van der Waals surface area contributed by atoms with Gasteiger partial charge in [-0.3, -0.25) is 9.59 Å². The van der Waals surface area contributed by atoms with Gasteiger partial charge in [-0.05, 0) is 60.1 Å². The molecule has 0 saturated carbocycles. The second-order valence-corrected chi connectivity index (χ2v) is 9.10. The number of carbonyl (C=O) groups excluding carboxylic acids is 2. The predicted molar refractivity (Wildman–Crippen MR) is 136 cm³/mol. The Bertz CT molecular complexity index is 1210. The summed E-state index contributed by atoms with van der Waals surface area (Å²) in [6.45, 7) is 3.91. The number of carbonyl (C=O) groups is 2. The normalized spacial score (nSPS) is 11.8.